The van der Waals surface area contributed by atoms with Gasteiger partial charge >= 0.3 is 0 Å². The molecule has 0 aromatic heterocycles. The van der Waals surface area contributed by atoms with Crippen LogP contribution < -0.4 is 0 Å². The Labute approximate surface area is 97.9 Å². The van der Waals surface area contributed by atoms with Gasteiger partial charge in [0.25, 0.3) is 0 Å². The third kappa shape index (κ3) is 1.94. The molecule has 3 rings (SSSR count). The van der Waals surface area contributed by atoms with Crippen molar-refractivity contribution in [3.63, 3.8) is 0 Å². The zero-order valence-electron chi connectivity index (χ0n) is 8.87. The van der Waals surface area contributed by atoms with Crippen LogP contribution >= 0.6 is 10.9 Å². The molecule has 0 amide bonds. The van der Waals surface area contributed by atoms with Crippen molar-refractivity contribution in [3.05, 3.63) is 52.8 Å². The standard InChI is InChI=1S/C13H14O2S/c1-2-9-16(8-1)12-5-3-4-11(10-12)13-14-6-7-15-13/h1-5,8-10,13,16H,6-7H2. The molecule has 3 heteroatoms. The van der Waals surface area contributed by atoms with Crippen LogP contribution in [-0.4, -0.2) is 13.2 Å². The van der Waals surface area contributed by atoms with Crippen molar-refractivity contribution in [1.82, 2.24) is 0 Å². The summed E-state index contributed by atoms with van der Waals surface area (Å²) >= 11 is 0. The molecule has 1 saturated heterocycles. The minimum Gasteiger partial charge on any atom is -0.346 e. The molecule has 0 radical (unpaired) electrons. The Bertz CT molecular complexity index is 421. The normalized spacial score (nSPS) is 22.1. The molecule has 0 spiro atoms. The van der Waals surface area contributed by atoms with E-state index in [2.05, 4.69) is 47.2 Å². The molecule has 0 atom stereocenters. The first-order chi connectivity index (χ1) is 7.93. The van der Waals surface area contributed by atoms with Gasteiger partial charge in [0.1, 0.15) is 0 Å². The number of thiol groups is 1. The van der Waals surface area contributed by atoms with E-state index in [0.29, 0.717) is 13.2 Å². The molecule has 0 bridgehead atoms. The molecular formula is C13H14O2S. The number of benzene rings is 1. The first-order valence-corrected chi connectivity index (χ1v) is 6.88. The van der Waals surface area contributed by atoms with E-state index in [4.69, 9.17) is 9.47 Å². The Kier molecular flexibility index (Phi) is 2.82. The molecule has 1 aromatic rings. The van der Waals surface area contributed by atoms with Crippen LogP contribution in [0.3, 0.4) is 0 Å². The highest BCUT2D eigenvalue weighted by atomic mass is 32.2. The minimum atomic E-state index is -0.243. The topological polar surface area (TPSA) is 18.5 Å². The van der Waals surface area contributed by atoms with E-state index >= 15 is 0 Å². The molecule has 2 aliphatic heterocycles. The molecule has 2 aliphatic rings. The van der Waals surface area contributed by atoms with E-state index in [1.807, 2.05) is 0 Å². The molecule has 0 aliphatic carbocycles. The number of ether oxygens (including phenoxy) is 2. The van der Waals surface area contributed by atoms with Gasteiger partial charge in [-0.15, -0.1) is 0 Å². The molecule has 2 heterocycles. The van der Waals surface area contributed by atoms with Gasteiger partial charge in [-0.1, -0.05) is 24.3 Å². The van der Waals surface area contributed by atoms with E-state index in [0.717, 1.165) is 5.56 Å². The number of hydrogen-bond donors (Lipinski definition) is 1. The number of rotatable bonds is 2. The van der Waals surface area contributed by atoms with Crippen LogP contribution in [-0.2, 0) is 9.47 Å². The van der Waals surface area contributed by atoms with Gasteiger partial charge in [-0.2, -0.15) is 10.9 Å². The van der Waals surface area contributed by atoms with Gasteiger partial charge in [-0.3, -0.25) is 0 Å². The van der Waals surface area contributed by atoms with Crippen LogP contribution in [0.25, 0.3) is 0 Å². The first kappa shape index (κ1) is 10.1. The van der Waals surface area contributed by atoms with Crippen LogP contribution in [0.5, 0.6) is 0 Å². The van der Waals surface area contributed by atoms with Crippen LogP contribution in [0.15, 0.2) is 52.1 Å². The lowest BCUT2D eigenvalue weighted by atomic mass is 10.2. The van der Waals surface area contributed by atoms with Crippen molar-refractivity contribution < 1.29 is 9.47 Å². The van der Waals surface area contributed by atoms with Crippen molar-refractivity contribution >= 4 is 10.9 Å². The summed E-state index contributed by atoms with van der Waals surface area (Å²) in [5.41, 5.74) is 1.13. The summed E-state index contributed by atoms with van der Waals surface area (Å²) in [6.07, 6.45) is 4.06. The molecule has 84 valence electrons. The molecule has 16 heavy (non-hydrogen) atoms. The fourth-order valence-electron chi connectivity index (χ4n) is 1.89. The van der Waals surface area contributed by atoms with Gasteiger partial charge in [0.15, 0.2) is 6.29 Å². The molecule has 0 saturated carbocycles. The van der Waals surface area contributed by atoms with Gasteiger partial charge in [-0.05, 0) is 27.8 Å². The Morgan fingerprint density at radius 2 is 1.81 bits per heavy atom. The van der Waals surface area contributed by atoms with Crippen molar-refractivity contribution in [1.29, 1.82) is 0 Å². The maximum Gasteiger partial charge on any atom is 0.184 e. The molecule has 2 nitrogen and oxygen atoms in total. The minimum absolute atomic E-state index is 0.162. The average molecular weight is 234 g/mol. The predicted molar refractivity (Wildman–Crippen MR) is 66.6 cm³/mol. The van der Waals surface area contributed by atoms with Crippen molar-refractivity contribution in [3.8, 4) is 0 Å². The smallest absolute Gasteiger partial charge is 0.184 e. The maximum atomic E-state index is 5.51. The van der Waals surface area contributed by atoms with Crippen LogP contribution in [0.4, 0.5) is 0 Å². The zero-order chi connectivity index (χ0) is 10.8. The summed E-state index contributed by atoms with van der Waals surface area (Å²) in [6.45, 7) is 1.40. The van der Waals surface area contributed by atoms with Crippen LogP contribution in [0.1, 0.15) is 11.9 Å². The molecule has 1 aromatic carbocycles. The Hall–Kier alpha value is -1.03. The first-order valence-electron chi connectivity index (χ1n) is 5.40. The van der Waals surface area contributed by atoms with Crippen molar-refractivity contribution in [2.45, 2.75) is 11.2 Å². The lowest BCUT2D eigenvalue weighted by Crippen LogP contribution is -1.97. The third-order valence-electron chi connectivity index (χ3n) is 2.67. The van der Waals surface area contributed by atoms with Crippen molar-refractivity contribution in [2.24, 2.45) is 0 Å². The monoisotopic (exact) mass is 234 g/mol. The SMILES string of the molecule is C1=C[SH](c2cccc(C3OCCO3)c2)C=C1. The van der Waals surface area contributed by atoms with E-state index in [1.165, 1.54) is 4.90 Å². The van der Waals surface area contributed by atoms with E-state index < -0.39 is 0 Å². The largest absolute Gasteiger partial charge is 0.346 e. The van der Waals surface area contributed by atoms with Gasteiger partial charge < -0.3 is 9.47 Å². The van der Waals surface area contributed by atoms with Gasteiger partial charge in [0, 0.05) is 5.56 Å². The Morgan fingerprint density at radius 1 is 1.06 bits per heavy atom. The van der Waals surface area contributed by atoms with Gasteiger partial charge in [0.05, 0.1) is 13.2 Å². The molecule has 0 unspecified atom stereocenters. The summed E-state index contributed by atoms with van der Waals surface area (Å²) in [5.74, 6) is 0. The summed E-state index contributed by atoms with van der Waals surface area (Å²) in [6, 6.07) is 8.52. The second-order valence-corrected chi connectivity index (χ2v) is 5.69. The van der Waals surface area contributed by atoms with Gasteiger partial charge in [0.2, 0.25) is 0 Å². The lowest BCUT2D eigenvalue weighted by molar-refractivity contribution is -0.0442. The zero-order valence-corrected chi connectivity index (χ0v) is 9.77. The highest BCUT2D eigenvalue weighted by Crippen LogP contribution is 2.42. The second kappa shape index (κ2) is 4.45. The highest BCUT2D eigenvalue weighted by molar-refractivity contribution is 8.22. The quantitative estimate of drug-likeness (QED) is 0.792. The van der Waals surface area contributed by atoms with E-state index in [1.54, 1.807) is 0 Å². The van der Waals surface area contributed by atoms with E-state index in [-0.39, 0.29) is 17.2 Å². The molecule has 0 N–H and O–H groups in total. The number of allylic oxidation sites excluding steroid dienone is 2. The summed E-state index contributed by atoms with van der Waals surface area (Å²) in [7, 11) is -0.243. The highest BCUT2D eigenvalue weighted by Gasteiger charge is 2.18. The Balaban J connectivity index is 1.87. The fraction of sp³-hybridized carbons (Fsp3) is 0.231. The molecular weight excluding hydrogens is 220 g/mol. The molecule has 1 fully saturated rings. The lowest BCUT2D eigenvalue weighted by Gasteiger charge is -2.14. The fourth-order valence-corrected chi connectivity index (χ4v) is 3.46. The Morgan fingerprint density at radius 3 is 2.56 bits per heavy atom. The summed E-state index contributed by atoms with van der Waals surface area (Å²) in [5, 5.41) is 4.51. The number of hydrogen-bond acceptors (Lipinski definition) is 2. The average Bonchev–Trinajstić information content (AvgIpc) is 3.03. The maximum absolute atomic E-state index is 5.51. The summed E-state index contributed by atoms with van der Waals surface area (Å²) < 4.78 is 11.0. The third-order valence-corrected chi connectivity index (χ3v) is 4.53. The van der Waals surface area contributed by atoms with Crippen LogP contribution in [0.2, 0.25) is 0 Å². The van der Waals surface area contributed by atoms with Crippen LogP contribution in [0, 0.1) is 0 Å². The second-order valence-electron chi connectivity index (χ2n) is 3.76. The summed E-state index contributed by atoms with van der Waals surface area (Å²) in [4.78, 5) is 1.36. The predicted octanol–water partition coefficient (Wildman–Crippen LogP) is 3.13. The van der Waals surface area contributed by atoms with E-state index in [9.17, 15) is 0 Å². The van der Waals surface area contributed by atoms with Gasteiger partial charge in [-0.25, -0.2) is 0 Å². The van der Waals surface area contributed by atoms with Crippen molar-refractivity contribution in [2.75, 3.05) is 13.2 Å².